The predicted molar refractivity (Wildman–Crippen MR) is 77.7 cm³/mol. The number of halogens is 1. The van der Waals surface area contributed by atoms with Crippen LogP contribution in [0.3, 0.4) is 0 Å². The van der Waals surface area contributed by atoms with Gasteiger partial charge in [0.2, 0.25) is 10.0 Å². The third-order valence-electron chi connectivity index (χ3n) is 3.32. The molecule has 2 rings (SSSR count). The Kier molecular flexibility index (Phi) is 4.84. The summed E-state index contributed by atoms with van der Waals surface area (Å²) < 4.78 is 25.0. The third-order valence-corrected chi connectivity index (χ3v) is 4.45. The van der Waals surface area contributed by atoms with E-state index >= 15 is 0 Å². The molecular formula is C13H19ClN2O2S. The summed E-state index contributed by atoms with van der Waals surface area (Å²) in [4.78, 5) is 2.31. The lowest BCUT2D eigenvalue weighted by molar-refractivity contribution is 0.200. The third kappa shape index (κ3) is 4.76. The quantitative estimate of drug-likeness (QED) is 0.923. The normalized spacial score (nSPS) is 18.6. The molecule has 6 heteroatoms. The maximum absolute atomic E-state index is 11.2. The molecule has 0 aliphatic carbocycles. The Morgan fingerprint density at radius 3 is 2.53 bits per heavy atom. The largest absolute Gasteiger partial charge is 0.299 e. The van der Waals surface area contributed by atoms with Crippen molar-refractivity contribution in [1.82, 2.24) is 9.62 Å². The van der Waals surface area contributed by atoms with Gasteiger partial charge in [-0.2, -0.15) is 0 Å². The monoisotopic (exact) mass is 302 g/mol. The van der Waals surface area contributed by atoms with Crippen LogP contribution in [-0.4, -0.2) is 38.7 Å². The first-order chi connectivity index (χ1) is 8.94. The van der Waals surface area contributed by atoms with E-state index in [1.54, 1.807) is 0 Å². The van der Waals surface area contributed by atoms with Crippen LogP contribution in [0.15, 0.2) is 24.3 Å². The number of likely N-dealkylation sites (tertiary alicyclic amines) is 1. The summed E-state index contributed by atoms with van der Waals surface area (Å²) in [5.74, 6) is 0. The van der Waals surface area contributed by atoms with Crippen LogP contribution >= 0.6 is 11.6 Å². The van der Waals surface area contributed by atoms with E-state index in [4.69, 9.17) is 11.6 Å². The fraction of sp³-hybridized carbons (Fsp3) is 0.538. The van der Waals surface area contributed by atoms with Gasteiger partial charge >= 0.3 is 0 Å². The number of piperidine rings is 1. The van der Waals surface area contributed by atoms with Gasteiger partial charge in [0, 0.05) is 30.7 Å². The molecule has 0 aromatic heterocycles. The first-order valence-electron chi connectivity index (χ1n) is 6.37. The molecule has 0 saturated carbocycles. The smallest absolute Gasteiger partial charge is 0.208 e. The van der Waals surface area contributed by atoms with E-state index in [9.17, 15) is 8.42 Å². The van der Waals surface area contributed by atoms with Gasteiger partial charge in [-0.05, 0) is 24.5 Å². The average molecular weight is 303 g/mol. The van der Waals surface area contributed by atoms with E-state index in [-0.39, 0.29) is 6.04 Å². The SMILES string of the molecule is CS(=O)(=O)NC1CCN(Cc2ccccc2Cl)CC1. The molecule has 0 unspecified atom stereocenters. The molecule has 0 atom stereocenters. The van der Waals surface area contributed by atoms with Gasteiger partial charge in [0.15, 0.2) is 0 Å². The fourth-order valence-electron chi connectivity index (χ4n) is 2.38. The minimum atomic E-state index is -3.10. The molecule has 1 saturated heterocycles. The van der Waals surface area contributed by atoms with Crippen molar-refractivity contribution in [3.8, 4) is 0 Å². The van der Waals surface area contributed by atoms with Crippen molar-refractivity contribution >= 4 is 21.6 Å². The highest BCUT2D eigenvalue weighted by Crippen LogP contribution is 2.19. The van der Waals surface area contributed by atoms with Gasteiger partial charge in [-0.1, -0.05) is 29.8 Å². The van der Waals surface area contributed by atoms with Crippen LogP contribution in [0.25, 0.3) is 0 Å². The molecule has 1 aromatic carbocycles. The molecule has 1 heterocycles. The second-order valence-corrected chi connectivity index (χ2v) is 7.22. The van der Waals surface area contributed by atoms with E-state index in [2.05, 4.69) is 9.62 Å². The highest BCUT2D eigenvalue weighted by molar-refractivity contribution is 7.88. The number of benzene rings is 1. The maximum atomic E-state index is 11.2. The van der Waals surface area contributed by atoms with Crippen LogP contribution in [0.4, 0.5) is 0 Å². The Bertz CT molecular complexity index is 525. The minimum Gasteiger partial charge on any atom is -0.299 e. The molecule has 19 heavy (non-hydrogen) atoms. The molecule has 106 valence electrons. The van der Waals surface area contributed by atoms with Crippen molar-refractivity contribution in [2.45, 2.75) is 25.4 Å². The Balaban J connectivity index is 1.86. The van der Waals surface area contributed by atoms with Crippen LogP contribution < -0.4 is 4.72 Å². The lowest BCUT2D eigenvalue weighted by Gasteiger charge is -2.32. The van der Waals surface area contributed by atoms with Crippen molar-refractivity contribution in [3.05, 3.63) is 34.9 Å². The van der Waals surface area contributed by atoms with Crippen molar-refractivity contribution < 1.29 is 8.42 Å². The molecule has 1 fully saturated rings. The van der Waals surface area contributed by atoms with Crippen molar-refractivity contribution in [1.29, 1.82) is 0 Å². The lowest BCUT2D eigenvalue weighted by Crippen LogP contribution is -2.43. The zero-order chi connectivity index (χ0) is 13.9. The zero-order valence-corrected chi connectivity index (χ0v) is 12.5. The summed E-state index contributed by atoms with van der Waals surface area (Å²) in [6.07, 6.45) is 2.90. The van der Waals surface area contributed by atoms with Gasteiger partial charge in [0.25, 0.3) is 0 Å². The second-order valence-electron chi connectivity index (χ2n) is 5.03. The fourth-order valence-corrected chi connectivity index (χ4v) is 3.42. The van der Waals surface area contributed by atoms with Crippen molar-refractivity contribution in [2.24, 2.45) is 0 Å². The number of hydrogen-bond donors (Lipinski definition) is 1. The summed E-state index contributed by atoms with van der Waals surface area (Å²) in [5, 5.41) is 0.791. The molecule has 0 radical (unpaired) electrons. The standard InChI is InChI=1S/C13H19ClN2O2S/c1-19(17,18)15-12-6-8-16(9-7-12)10-11-4-2-3-5-13(11)14/h2-5,12,15H,6-10H2,1H3. The summed E-state index contributed by atoms with van der Waals surface area (Å²) in [6, 6.07) is 7.91. The van der Waals surface area contributed by atoms with Crippen molar-refractivity contribution in [2.75, 3.05) is 19.3 Å². The van der Waals surface area contributed by atoms with Gasteiger partial charge in [0.05, 0.1) is 6.26 Å². The number of hydrogen-bond acceptors (Lipinski definition) is 3. The highest BCUT2D eigenvalue weighted by atomic mass is 35.5. The Morgan fingerprint density at radius 1 is 1.32 bits per heavy atom. The van der Waals surface area contributed by atoms with E-state index in [1.807, 2.05) is 24.3 Å². The molecule has 4 nitrogen and oxygen atoms in total. The number of sulfonamides is 1. The number of nitrogens with one attached hydrogen (secondary N) is 1. The summed E-state index contributed by atoms with van der Waals surface area (Å²) in [7, 11) is -3.10. The summed E-state index contributed by atoms with van der Waals surface area (Å²) in [6.45, 7) is 2.60. The number of rotatable bonds is 4. The number of nitrogens with zero attached hydrogens (tertiary/aromatic N) is 1. The highest BCUT2D eigenvalue weighted by Gasteiger charge is 2.21. The van der Waals surface area contributed by atoms with E-state index in [1.165, 1.54) is 6.26 Å². The molecule has 0 spiro atoms. The van der Waals surface area contributed by atoms with Crippen LogP contribution in [0.1, 0.15) is 18.4 Å². The average Bonchev–Trinajstić information content (AvgIpc) is 2.33. The molecule has 1 aliphatic heterocycles. The molecular weight excluding hydrogens is 284 g/mol. The summed E-state index contributed by atoms with van der Waals surface area (Å²) in [5.41, 5.74) is 1.12. The van der Waals surface area contributed by atoms with Crippen LogP contribution in [0.2, 0.25) is 5.02 Å². The van der Waals surface area contributed by atoms with Crippen molar-refractivity contribution in [3.63, 3.8) is 0 Å². The molecule has 1 N–H and O–H groups in total. The minimum absolute atomic E-state index is 0.0671. The molecule has 0 amide bonds. The van der Waals surface area contributed by atoms with Gasteiger partial charge in [0.1, 0.15) is 0 Å². The lowest BCUT2D eigenvalue weighted by atomic mass is 10.1. The van der Waals surface area contributed by atoms with Gasteiger partial charge in [-0.25, -0.2) is 13.1 Å². The van der Waals surface area contributed by atoms with Gasteiger partial charge in [-0.3, -0.25) is 4.90 Å². The van der Waals surface area contributed by atoms with E-state index in [0.717, 1.165) is 43.1 Å². The molecule has 1 aromatic rings. The van der Waals surface area contributed by atoms with Crippen LogP contribution in [0, 0.1) is 0 Å². The maximum Gasteiger partial charge on any atom is 0.208 e. The first-order valence-corrected chi connectivity index (χ1v) is 8.64. The van der Waals surface area contributed by atoms with Gasteiger partial charge in [-0.15, -0.1) is 0 Å². The zero-order valence-electron chi connectivity index (χ0n) is 11.0. The second kappa shape index (κ2) is 6.22. The molecule has 1 aliphatic rings. The first kappa shape index (κ1) is 14.8. The van der Waals surface area contributed by atoms with Crippen LogP contribution in [-0.2, 0) is 16.6 Å². The Morgan fingerprint density at radius 2 is 1.95 bits per heavy atom. The van der Waals surface area contributed by atoms with Gasteiger partial charge < -0.3 is 0 Å². The van der Waals surface area contributed by atoms with Crippen LogP contribution in [0.5, 0.6) is 0 Å². The predicted octanol–water partition coefficient (Wildman–Crippen LogP) is 1.85. The molecule has 0 bridgehead atoms. The Hall–Kier alpha value is -0.620. The Labute approximate surface area is 119 Å². The summed E-state index contributed by atoms with van der Waals surface area (Å²) >= 11 is 6.14. The topological polar surface area (TPSA) is 49.4 Å². The van der Waals surface area contributed by atoms with E-state index < -0.39 is 10.0 Å². The van der Waals surface area contributed by atoms with E-state index in [0.29, 0.717) is 0 Å².